The van der Waals surface area contributed by atoms with E-state index in [1.54, 1.807) is 6.92 Å². The van der Waals surface area contributed by atoms with E-state index < -0.39 is 5.97 Å². The smallest absolute Gasteiger partial charge is 0.309 e. The Morgan fingerprint density at radius 1 is 1.62 bits per heavy atom. The average molecular weight is 137 g/mol. The van der Waals surface area contributed by atoms with Crippen LogP contribution in [0.4, 0.5) is 0 Å². The fraction of sp³-hybridized carbons (Fsp3) is 0.800. The van der Waals surface area contributed by atoms with Crippen molar-refractivity contribution in [2.24, 2.45) is 5.41 Å². The average Bonchev–Trinajstić information content (AvgIpc) is 2.21. The third-order valence-corrected chi connectivity index (χ3v) is 1.52. The summed E-state index contributed by atoms with van der Waals surface area (Å²) < 4.78 is 0. The number of carboxylic acids is 1. The van der Waals surface area contributed by atoms with E-state index in [0.29, 0.717) is 0 Å². The van der Waals surface area contributed by atoms with Crippen LogP contribution in [0.5, 0.6) is 0 Å². The van der Waals surface area contributed by atoms with Crippen LogP contribution in [0.2, 0.25) is 0 Å². The van der Waals surface area contributed by atoms with Crippen LogP contribution >= 0.6 is 12.4 Å². The van der Waals surface area contributed by atoms with Crippen LogP contribution in [0.1, 0.15) is 19.8 Å². The number of halogens is 1. The molecule has 0 atom stereocenters. The minimum absolute atomic E-state index is 0. The molecule has 0 radical (unpaired) electrons. The molecule has 0 aliphatic heterocycles. The first-order valence-corrected chi connectivity index (χ1v) is 2.38. The second-order valence-electron chi connectivity index (χ2n) is 2.37. The van der Waals surface area contributed by atoms with E-state index in [9.17, 15) is 4.79 Å². The molecule has 3 heteroatoms. The molecule has 1 fully saturated rings. The maximum atomic E-state index is 10.1. The number of hydrogen-bond acceptors (Lipinski definition) is 1. The molecule has 2 nitrogen and oxygen atoms in total. The Labute approximate surface area is 54.3 Å². The van der Waals surface area contributed by atoms with Gasteiger partial charge >= 0.3 is 5.97 Å². The first-order chi connectivity index (χ1) is 3.15. The lowest BCUT2D eigenvalue weighted by Gasteiger charge is -1.94. The van der Waals surface area contributed by atoms with E-state index >= 15 is 0 Å². The molecule has 8 heavy (non-hydrogen) atoms. The van der Waals surface area contributed by atoms with Crippen molar-refractivity contribution >= 4 is 18.4 Å². The molecular weight excluding hydrogens is 128 g/mol. The molecule has 1 aliphatic carbocycles. The van der Waals surface area contributed by atoms with E-state index in [4.69, 9.17) is 5.11 Å². The van der Waals surface area contributed by atoms with Crippen molar-refractivity contribution in [1.82, 2.24) is 0 Å². The minimum Gasteiger partial charge on any atom is -0.481 e. The summed E-state index contributed by atoms with van der Waals surface area (Å²) in [6.45, 7) is 1.77. The summed E-state index contributed by atoms with van der Waals surface area (Å²) in [6.07, 6.45) is 1.73. The first kappa shape index (κ1) is 7.76. The molecule has 0 spiro atoms. The Balaban J connectivity index is 0.000000490. The zero-order chi connectivity index (χ0) is 5.49. The maximum Gasteiger partial charge on any atom is 0.309 e. The fourth-order valence-electron chi connectivity index (χ4n) is 0.401. The summed E-state index contributed by atoms with van der Waals surface area (Å²) in [5, 5.41) is 8.31. The second kappa shape index (κ2) is 1.94. The number of aliphatic carboxylic acids is 1. The molecule has 0 unspecified atom stereocenters. The molecule has 0 saturated heterocycles. The maximum absolute atomic E-state index is 10.1. The van der Waals surface area contributed by atoms with Crippen LogP contribution in [0.25, 0.3) is 0 Å². The SMILES string of the molecule is CC1(C(=O)O)CC1.Cl. The Hall–Kier alpha value is -0.240. The molecule has 0 aromatic carbocycles. The first-order valence-electron chi connectivity index (χ1n) is 2.38. The molecule has 0 aromatic heterocycles. The lowest BCUT2D eigenvalue weighted by Crippen LogP contribution is -2.08. The molecule has 0 bridgehead atoms. The Kier molecular flexibility index (Phi) is 1.88. The predicted octanol–water partition coefficient (Wildman–Crippen LogP) is 1.29. The normalized spacial score (nSPS) is 21.1. The molecule has 0 amide bonds. The molecule has 0 heterocycles. The predicted molar refractivity (Wildman–Crippen MR) is 32.2 cm³/mol. The van der Waals surface area contributed by atoms with Crippen LogP contribution in [0, 0.1) is 5.41 Å². The zero-order valence-electron chi connectivity index (χ0n) is 4.68. The molecule has 0 aromatic rings. The minimum atomic E-state index is -0.646. The van der Waals surface area contributed by atoms with Gasteiger partial charge in [-0.15, -0.1) is 12.4 Å². The Bertz CT molecular complexity index is 107. The zero-order valence-corrected chi connectivity index (χ0v) is 5.49. The van der Waals surface area contributed by atoms with Crippen molar-refractivity contribution < 1.29 is 9.90 Å². The van der Waals surface area contributed by atoms with Gasteiger partial charge in [-0.25, -0.2) is 0 Å². The number of rotatable bonds is 1. The van der Waals surface area contributed by atoms with Crippen molar-refractivity contribution in [3.05, 3.63) is 0 Å². The summed E-state index contributed by atoms with van der Waals surface area (Å²) >= 11 is 0. The monoisotopic (exact) mass is 136 g/mol. The molecule has 48 valence electrons. The third-order valence-electron chi connectivity index (χ3n) is 1.52. The summed E-state index contributed by atoms with van der Waals surface area (Å²) in [6, 6.07) is 0. The summed E-state index contributed by atoms with van der Waals surface area (Å²) in [5.74, 6) is -0.646. The van der Waals surface area contributed by atoms with Crippen LogP contribution < -0.4 is 0 Å². The second-order valence-corrected chi connectivity index (χ2v) is 2.37. The molecule has 1 rings (SSSR count). The lowest BCUT2D eigenvalue weighted by molar-refractivity contribution is -0.142. The van der Waals surface area contributed by atoms with Crippen molar-refractivity contribution in [2.75, 3.05) is 0 Å². The van der Waals surface area contributed by atoms with E-state index in [2.05, 4.69) is 0 Å². The van der Waals surface area contributed by atoms with Crippen molar-refractivity contribution in [3.63, 3.8) is 0 Å². The van der Waals surface area contributed by atoms with Gasteiger partial charge in [0.25, 0.3) is 0 Å². The van der Waals surface area contributed by atoms with Gasteiger partial charge < -0.3 is 5.11 Å². The van der Waals surface area contributed by atoms with Gasteiger partial charge in [0.05, 0.1) is 5.41 Å². The van der Waals surface area contributed by atoms with Crippen LogP contribution in [0.15, 0.2) is 0 Å². The summed E-state index contributed by atoms with van der Waals surface area (Å²) in [4.78, 5) is 10.1. The van der Waals surface area contributed by atoms with Gasteiger partial charge in [-0.1, -0.05) is 0 Å². The van der Waals surface area contributed by atoms with Crippen LogP contribution in [-0.4, -0.2) is 11.1 Å². The number of hydrogen-bond donors (Lipinski definition) is 1. The van der Waals surface area contributed by atoms with Gasteiger partial charge in [-0.2, -0.15) is 0 Å². The third kappa shape index (κ3) is 1.13. The van der Waals surface area contributed by atoms with E-state index in [1.807, 2.05) is 0 Å². The Morgan fingerprint density at radius 2 is 2.00 bits per heavy atom. The van der Waals surface area contributed by atoms with Gasteiger partial charge in [0, 0.05) is 0 Å². The highest BCUT2D eigenvalue weighted by Crippen LogP contribution is 2.44. The molecule has 1 saturated carbocycles. The summed E-state index contributed by atoms with van der Waals surface area (Å²) in [5.41, 5.74) is -0.333. The topological polar surface area (TPSA) is 37.3 Å². The molecule has 1 N–H and O–H groups in total. The molecular formula is C5H9ClO2. The van der Waals surface area contributed by atoms with Gasteiger partial charge in [0.15, 0.2) is 0 Å². The van der Waals surface area contributed by atoms with E-state index in [1.165, 1.54) is 0 Å². The standard InChI is InChI=1S/C5H8O2.ClH/c1-5(2-3-5)4(6)7;/h2-3H2,1H3,(H,6,7);1H. The lowest BCUT2D eigenvalue weighted by atomic mass is 10.2. The van der Waals surface area contributed by atoms with Gasteiger partial charge in [0.2, 0.25) is 0 Å². The van der Waals surface area contributed by atoms with E-state index in [0.717, 1.165) is 12.8 Å². The number of carboxylic acid groups (broad SMARTS) is 1. The van der Waals surface area contributed by atoms with Gasteiger partial charge in [-0.05, 0) is 19.8 Å². The Morgan fingerprint density at radius 3 is 2.00 bits per heavy atom. The summed E-state index contributed by atoms with van der Waals surface area (Å²) in [7, 11) is 0. The number of carbonyl (C=O) groups is 1. The van der Waals surface area contributed by atoms with Crippen LogP contribution in [-0.2, 0) is 4.79 Å². The van der Waals surface area contributed by atoms with Crippen molar-refractivity contribution in [3.8, 4) is 0 Å². The van der Waals surface area contributed by atoms with Crippen molar-refractivity contribution in [1.29, 1.82) is 0 Å². The largest absolute Gasteiger partial charge is 0.481 e. The molecule has 1 aliphatic rings. The highest BCUT2D eigenvalue weighted by molar-refractivity contribution is 5.85. The van der Waals surface area contributed by atoms with Crippen LogP contribution in [0.3, 0.4) is 0 Å². The quantitative estimate of drug-likeness (QED) is 0.590. The van der Waals surface area contributed by atoms with E-state index in [-0.39, 0.29) is 17.8 Å². The highest BCUT2D eigenvalue weighted by Gasteiger charge is 2.44. The van der Waals surface area contributed by atoms with Gasteiger partial charge in [0.1, 0.15) is 0 Å². The highest BCUT2D eigenvalue weighted by atomic mass is 35.5. The van der Waals surface area contributed by atoms with Crippen molar-refractivity contribution in [2.45, 2.75) is 19.8 Å². The fourth-order valence-corrected chi connectivity index (χ4v) is 0.401. The van der Waals surface area contributed by atoms with Gasteiger partial charge in [-0.3, -0.25) is 4.79 Å².